The van der Waals surface area contributed by atoms with Crippen molar-refractivity contribution >= 4 is 11.6 Å². The van der Waals surface area contributed by atoms with Gasteiger partial charge in [0.2, 0.25) is 0 Å². The topological polar surface area (TPSA) is 12.0 Å². The van der Waals surface area contributed by atoms with Gasteiger partial charge in [-0.05, 0) is 37.3 Å². The molecule has 2 atom stereocenters. The Morgan fingerprint density at radius 3 is 2.61 bits per heavy atom. The van der Waals surface area contributed by atoms with Crippen LogP contribution < -0.4 is 5.32 Å². The molecule has 0 radical (unpaired) electrons. The highest BCUT2D eigenvalue weighted by molar-refractivity contribution is 6.18. The molecule has 0 spiro atoms. The van der Waals surface area contributed by atoms with Gasteiger partial charge in [0.25, 0.3) is 0 Å². The molecule has 2 unspecified atom stereocenters. The second kappa shape index (κ2) is 7.10. The maximum Gasteiger partial charge on any atom is 0.127 e. The minimum absolute atomic E-state index is 0.123. The normalized spacial score (nSPS) is 24.1. The molecular formula is C15H21ClFN. The molecule has 2 rings (SSSR count). The van der Waals surface area contributed by atoms with E-state index in [9.17, 15) is 4.39 Å². The Bertz CT molecular complexity index is 369. The van der Waals surface area contributed by atoms with Crippen molar-refractivity contribution < 1.29 is 4.39 Å². The number of hydrogen-bond acceptors (Lipinski definition) is 1. The zero-order valence-corrected chi connectivity index (χ0v) is 11.4. The number of rotatable bonds is 5. The van der Waals surface area contributed by atoms with Gasteiger partial charge in [-0.15, -0.1) is 11.6 Å². The Morgan fingerprint density at radius 1 is 1.17 bits per heavy atom. The molecule has 1 nitrogen and oxygen atoms in total. The van der Waals surface area contributed by atoms with Crippen LogP contribution in [0.15, 0.2) is 24.3 Å². The van der Waals surface area contributed by atoms with Gasteiger partial charge in [-0.2, -0.15) is 0 Å². The summed E-state index contributed by atoms with van der Waals surface area (Å²) in [5.41, 5.74) is 0.746. The quantitative estimate of drug-likeness (QED) is 0.798. The van der Waals surface area contributed by atoms with Crippen LogP contribution in [0.4, 0.5) is 4.39 Å². The van der Waals surface area contributed by atoms with Gasteiger partial charge in [-0.1, -0.05) is 31.0 Å². The van der Waals surface area contributed by atoms with Gasteiger partial charge in [-0.25, -0.2) is 4.39 Å². The van der Waals surface area contributed by atoms with Crippen molar-refractivity contribution in [3.8, 4) is 0 Å². The first kappa shape index (κ1) is 13.8. The third-order valence-electron chi connectivity index (χ3n) is 3.94. The SMILES string of the molecule is Fc1ccccc1CNCC1CCCCC1CCl. The first-order valence-corrected chi connectivity index (χ1v) is 7.35. The molecule has 0 amide bonds. The molecule has 1 aromatic rings. The summed E-state index contributed by atoms with van der Waals surface area (Å²) < 4.78 is 13.4. The molecule has 1 aliphatic carbocycles. The Morgan fingerprint density at radius 2 is 1.89 bits per heavy atom. The molecule has 0 aromatic heterocycles. The Balaban J connectivity index is 1.79. The van der Waals surface area contributed by atoms with Gasteiger partial charge in [0, 0.05) is 18.0 Å². The lowest BCUT2D eigenvalue weighted by atomic mass is 9.80. The molecule has 100 valence electrons. The molecule has 18 heavy (non-hydrogen) atoms. The fourth-order valence-corrected chi connectivity index (χ4v) is 3.20. The largest absolute Gasteiger partial charge is 0.312 e. The highest BCUT2D eigenvalue weighted by Gasteiger charge is 2.23. The lowest BCUT2D eigenvalue weighted by Gasteiger charge is -2.30. The molecule has 1 saturated carbocycles. The Hall–Kier alpha value is -0.600. The lowest BCUT2D eigenvalue weighted by molar-refractivity contribution is 0.250. The number of hydrogen-bond donors (Lipinski definition) is 1. The van der Waals surface area contributed by atoms with Crippen molar-refractivity contribution in [3.63, 3.8) is 0 Å². The maximum absolute atomic E-state index is 13.4. The number of halogens is 2. The lowest BCUT2D eigenvalue weighted by Crippen LogP contribution is -2.31. The smallest absolute Gasteiger partial charge is 0.127 e. The van der Waals surface area contributed by atoms with Gasteiger partial charge in [0.05, 0.1) is 0 Å². The summed E-state index contributed by atoms with van der Waals surface area (Å²) in [6, 6.07) is 6.95. The van der Waals surface area contributed by atoms with E-state index in [4.69, 9.17) is 11.6 Å². The van der Waals surface area contributed by atoms with E-state index in [0.29, 0.717) is 18.4 Å². The van der Waals surface area contributed by atoms with Crippen LogP contribution in [0.2, 0.25) is 0 Å². The fourth-order valence-electron chi connectivity index (χ4n) is 2.79. The predicted octanol–water partition coefficient (Wildman–Crippen LogP) is 3.96. The minimum Gasteiger partial charge on any atom is -0.312 e. The van der Waals surface area contributed by atoms with Crippen molar-refractivity contribution in [1.29, 1.82) is 0 Å². The average molecular weight is 270 g/mol. The van der Waals surface area contributed by atoms with Crippen LogP contribution in [0.1, 0.15) is 31.2 Å². The standard InChI is InChI=1S/C15H21ClFN/c16-9-12-5-1-2-6-13(12)10-18-11-14-7-3-4-8-15(14)17/h3-4,7-8,12-13,18H,1-2,5-6,9-11H2. The first-order chi connectivity index (χ1) is 8.81. The fraction of sp³-hybridized carbons (Fsp3) is 0.600. The van der Waals surface area contributed by atoms with Crippen LogP contribution in [0.5, 0.6) is 0 Å². The van der Waals surface area contributed by atoms with Gasteiger partial charge in [0.1, 0.15) is 5.82 Å². The number of nitrogens with one attached hydrogen (secondary N) is 1. The van der Waals surface area contributed by atoms with E-state index in [2.05, 4.69) is 5.32 Å². The second-order valence-corrected chi connectivity index (χ2v) is 5.49. The van der Waals surface area contributed by atoms with Gasteiger partial charge < -0.3 is 5.32 Å². The van der Waals surface area contributed by atoms with Crippen molar-refractivity contribution in [2.45, 2.75) is 32.2 Å². The highest BCUT2D eigenvalue weighted by Crippen LogP contribution is 2.30. The van der Waals surface area contributed by atoms with E-state index in [-0.39, 0.29) is 5.82 Å². The van der Waals surface area contributed by atoms with Crippen molar-refractivity contribution in [1.82, 2.24) is 5.32 Å². The molecule has 1 aliphatic rings. The predicted molar refractivity (Wildman–Crippen MR) is 74.3 cm³/mol. The average Bonchev–Trinajstić information content (AvgIpc) is 2.41. The van der Waals surface area contributed by atoms with E-state index >= 15 is 0 Å². The zero-order valence-electron chi connectivity index (χ0n) is 10.7. The van der Waals surface area contributed by atoms with E-state index in [0.717, 1.165) is 18.0 Å². The van der Waals surface area contributed by atoms with Crippen LogP contribution in [0, 0.1) is 17.7 Å². The van der Waals surface area contributed by atoms with Gasteiger partial charge in [0.15, 0.2) is 0 Å². The molecule has 1 aromatic carbocycles. The monoisotopic (exact) mass is 269 g/mol. The first-order valence-electron chi connectivity index (χ1n) is 6.81. The molecule has 1 fully saturated rings. The Labute approximate surface area is 114 Å². The van der Waals surface area contributed by atoms with E-state index in [1.165, 1.54) is 31.7 Å². The zero-order chi connectivity index (χ0) is 12.8. The summed E-state index contributed by atoms with van der Waals surface area (Å²) in [5, 5.41) is 3.38. The van der Waals surface area contributed by atoms with Crippen LogP contribution in [-0.4, -0.2) is 12.4 Å². The van der Waals surface area contributed by atoms with Gasteiger partial charge >= 0.3 is 0 Å². The maximum atomic E-state index is 13.4. The van der Waals surface area contributed by atoms with Crippen LogP contribution in [-0.2, 0) is 6.54 Å². The number of benzene rings is 1. The third-order valence-corrected chi connectivity index (χ3v) is 4.34. The number of alkyl halides is 1. The summed E-state index contributed by atoms with van der Waals surface area (Å²) in [6.45, 7) is 1.56. The highest BCUT2D eigenvalue weighted by atomic mass is 35.5. The van der Waals surface area contributed by atoms with Crippen molar-refractivity contribution in [2.24, 2.45) is 11.8 Å². The Kier molecular flexibility index (Phi) is 5.45. The second-order valence-electron chi connectivity index (χ2n) is 5.18. The minimum atomic E-state index is -0.123. The van der Waals surface area contributed by atoms with E-state index < -0.39 is 0 Å². The molecule has 0 heterocycles. The summed E-state index contributed by atoms with van der Waals surface area (Å²) >= 11 is 6.01. The third kappa shape index (κ3) is 3.69. The van der Waals surface area contributed by atoms with Crippen LogP contribution >= 0.6 is 11.6 Å². The van der Waals surface area contributed by atoms with Crippen molar-refractivity contribution in [3.05, 3.63) is 35.6 Å². The van der Waals surface area contributed by atoms with E-state index in [1.54, 1.807) is 6.07 Å². The molecule has 1 N–H and O–H groups in total. The van der Waals surface area contributed by atoms with Crippen LogP contribution in [0.25, 0.3) is 0 Å². The molecule has 3 heteroatoms. The molecule has 0 aliphatic heterocycles. The van der Waals surface area contributed by atoms with E-state index in [1.807, 2.05) is 12.1 Å². The van der Waals surface area contributed by atoms with Crippen molar-refractivity contribution in [2.75, 3.05) is 12.4 Å². The molecule has 0 bridgehead atoms. The molecule has 0 saturated heterocycles. The summed E-state index contributed by atoms with van der Waals surface area (Å²) in [4.78, 5) is 0. The van der Waals surface area contributed by atoms with Gasteiger partial charge in [-0.3, -0.25) is 0 Å². The summed E-state index contributed by atoms with van der Waals surface area (Å²) in [6.07, 6.45) is 5.11. The summed E-state index contributed by atoms with van der Waals surface area (Å²) in [5.74, 6) is 1.92. The molecular weight excluding hydrogens is 249 g/mol. The van der Waals surface area contributed by atoms with Crippen LogP contribution in [0.3, 0.4) is 0 Å². The summed E-state index contributed by atoms with van der Waals surface area (Å²) in [7, 11) is 0.